The highest BCUT2D eigenvalue weighted by Crippen LogP contribution is 2.15. The predicted molar refractivity (Wildman–Crippen MR) is 50.5 cm³/mol. The van der Waals surface area contributed by atoms with Crippen LogP contribution in [0.25, 0.3) is 0 Å². The van der Waals surface area contributed by atoms with Gasteiger partial charge >= 0.3 is 11.9 Å². The number of carbonyl (C=O) groups excluding carboxylic acids is 3. The van der Waals surface area contributed by atoms with Gasteiger partial charge in [-0.2, -0.15) is 0 Å². The van der Waals surface area contributed by atoms with Crippen LogP contribution in [-0.4, -0.2) is 17.7 Å². The third kappa shape index (κ3) is 4.16. The van der Waals surface area contributed by atoms with Gasteiger partial charge in [0.2, 0.25) is 5.78 Å². The molecule has 0 aliphatic heterocycles. The fraction of sp³-hybridized carbons (Fsp3) is 0.700. The second-order valence-electron chi connectivity index (χ2n) is 4.09. The van der Waals surface area contributed by atoms with Gasteiger partial charge < -0.3 is 4.74 Å². The predicted octanol–water partition coefficient (Wildman–Crippen LogP) is 1.47. The normalized spacial score (nSPS) is 10.9. The molecule has 0 fully saturated rings. The van der Waals surface area contributed by atoms with Crippen LogP contribution in [0.4, 0.5) is 0 Å². The number of hydrogen-bond acceptors (Lipinski definition) is 4. The molecular formula is C10H16O4. The van der Waals surface area contributed by atoms with Gasteiger partial charge in [-0.3, -0.25) is 9.59 Å². The molecule has 0 rings (SSSR count). The molecule has 0 aliphatic rings. The fourth-order valence-electron chi connectivity index (χ4n) is 0.711. The van der Waals surface area contributed by atoms with Crippen LogP contribution >= 0.6 is 0 Å². The van der Waals surface area contributed by atoms with E-state index in [1.165, 1.54) is 0 Å². The average Bonchev–Trinajstić information content (AvgIpc) is 2.01. The second-order valence-corrected chi connectivity index (χ2v) is 4.09. The topological polar surface area (TPSA) is 60.4 Å². The Morgan fingerprint density at radius 1 is 1.14 bits per heavy atom. The summed E-state index contributed by atoms with van der Waals surface area (Å²) in [5.74, 6) is -2.38. The molecule has 0 radical (unpaired) electrons. The molecule has 0 N–H and O–H groups in total. The van der Waals surface area contributed by atoms with Gasteiger partial charge in [0.05, 0.1) is 0 Å². The van der Waals surface area contributed by atoms with Gasteiger partial charge in [-0.15, -0.1) is 0 Å². The molecule has 0 atom stereocenters. The van der Waals surface area contributed by atoms with E-state index in [-0.39, 0.29) is 6.42 Å². The van der Waals surface area contributed by atoms with Crippen LogP contribution in [0.15, 0.2) is 0 Å². The highest BCUT2D eigenvalue weighted by molar-refractivity contribution is 6.36. The Kier molecular flexibility index (Phi) is 4.47. The van der Waals surface area contributed by atoms with E-state index in [0.29, 0.717) is 6.42 Å². The van der Waals surface area contributed by atoms with Crippen LogP contribution in [0, 0.1) is 5.41 Å². The minimum Gasteiger partial charge on any atom is -0.387 e. The van der Waals surface area contributed by atoms with Crippen molar-refractivity contribution in [1.82, 2.24) is 0 Å². The van der Waals surface area contributed by atoms with Crippen LogP contribution in [0.2, 0.25) is 0 Å². The van der Waals surface area contributed by atoms with Crippen molar-refractivity contribution in [3.05, 3.63) is 0 Å². The number of esters is 2. The molecule has 0 aromatic rings. The lowest BCUT2D eigenvalue weighted by Gasteiger charge is -2.14. The van der Waals surface area contributed by atoms with Crippen LogP contribution in [0.1, 0.15) is 40.5 Å². The van der Waals surface area contributed by atoms with Gasteiger partial charge in [0, 0.05) is 11.8 Å². The molecule has 0 aromatic heterocycles. The third-order valence-corrected chi connectivity index (χ3v) is 1.53. The van der Waals surface area contributed by atoms with Gasteiger partial charge in [0.25, 0.3) is 0 Å². The minimum atomic E-state index is -1.06. The summed E-state index contributed by atoms with van der Waals surface area (Å²) >= 11 is 0. The Hall–Kier alpha value is -1.19. The lowest BCUT2D eigenvalue weighted by atomic mass is 9.91. The molecule has 0 aromatic carbocycles. The zero-order chi connectivity index (χ0) is 11.4. The van der Waals surface area contributed by atoms with Gasteiger partial charge in [-0.1, -0.05) is 27.7 Å². The molecule has 0 spiro atoms. The summed E-state index contributed by atoms with van der Waals surface area (Å²) in [5, 5.41) is 0. The number of ketones is 1. The molecule has 0 heterocycles. The van der Waals surface area contributed by atoms with E-state index in [0.717, 1.165) is 0 Å². The van der Waals surface area contributed by atoms with E-state index in [1.807, 2.05) is 0 Å². The molecule has 0 saturated heterocycles. The van der Waals surface area contributed by atoms with Gasteiger partial charge in [-0.05, 0) is 6.42 Å². The largest absolute Gasteiger partial charge is 0.387 e. The summed E-state index contributed by atoms with van der Waals surface area (Å²) in [5.41, 5.74) is -0.802. The van der Waals surface area contributed by atoms with Crippen molar-refractivity contribution in [2.24, 2.45) is 5.41 Å². The zero-order valence-electron chi connectivity index (χ0n) is 9.05. The van der Waals surface area contributed by atoms with Crippen LogP contribution in [0.3, 0.4) is 0 Å². The van der Waals surface area contributed by atoms with E-state index < -0.39 is 23.1 Å². The van der Waals surface area contributed by atoms with E-state index >= 15 is 0 Å². The third-order valence-electron chi connectivity index (χ3n) is 1.53. The minimum absolute atomic E-state index is 0.156. The summed E-state index contributed by atoms with van der Waals surface area (Å²) in [6.07, 6.45) is 0.749. The van der Waals surface area contributed by atoms with E-state index in [4.69, 9.17) is 0 Å². The number of hydrogen-bond donors (Lipinski definition) is 0. The quantitative estimate of drug-likeness (QED) is 0.393. The second kappa shape index (κ2) is 4.88. The van der Waals surface area contributed by atoms with Crippen molar-refractivity contribution in [1.29, 1.82) is 0 Å². The van der Waals surface area contributed by atoms with Crippen molar-refractivity contribution in [2.75, 3.05) is 0 Å². The van der Waals surface area contributed by atoms with Crippen LogP contribution in [0.5, 0.6) is 0 Å². The summed E-state index contributed by atoms with van der Waals surface area (Å²) in [6, 6.07) is 0. The monoisotopic (exact) mass is 200 g/mol. The number of Topliss-reactive ketones (excluding diaryl/α,β-unsaturated/α-hetero) is 1. The Morgan fingerprint density at radius 2 is 1.64 bits per heavy atom. The highest BCUT2D eigenvalue weighted by Gasteiger charge is 2.30. The molecular weight excluding hydrogens is 184 g/mol. The maximum atomic E-state index is 11.3. The first kappa shape index (κ1) is 12.8. The zero-order valence-corrected chi connectivity index (χ0v) is 9.05. The van der Waals surface area contributed by atoms with E-state index in [1.54, 1.807) is 27.7 Å². The lowest BCUT2D eigenvalue weighted by Crippen LogP contribution is -2.31. The standard InChI is InChI=1S/C10H16O4/c1-5-6-7(11)14-9(13)8(12)10(2,3)4/h5-6H2,1-4H3. The Bertz CT molecular complexity index is 247. The Labute approximate surface area is 83.6 Å². The number of ether oxygens (including phenoxy) is 1. The first-order chi connectivity index (χ1) is 6.29. The molecule has 0 amide bonds. The van der Waals surface area contributed by atoms with Crippen molar-refractivity contribution < 1.29 is 19.1 Å². The molecule has 0 saturated carbocycles. The fourth-order valence-corrected chi connectivity index (χ4v) is 0.711. The maximum Gasteiger partial charge on any atom is 0.382 e. The van der Waals surface area contributed by atoms with E-state index in [2.05, 4.69) is 4.74 Å². The summed E-state index contributed by atoms with van der Waals surface area (Å²) in [4.78, 5) is 33.2. The molecule has 4 nitrogen and oxygen atoms in total. The van der Waals surface area contributed by atoms with Crippen molar-refractivity contribution in [2.45, 2.75) is 40.5 Å². The van der Waals surface area contributed by atoms with Gasteiger partial charge in [0.15, 0.2) is 0 Å². The molecule has 0 aliphatic carbocycles. The van der Waals surface area contributed by atoms with Crippen molar-refractivity contribution in [3.8, 4) is 0 Å². The SMILES string of the molecule is CCCC(=O)OC(=O)C(=O)C(C)(C)C. The Balaban J connectivity index is 4.23. The van der Waals surface area contributed by atoms with Crippen molar-refractivity contribution in [3.63, 3.8) is 0 Å². The van der Waals surface area contributed by atoms with Crippen LogP contribution in [-0.2, 0) is 19.1 Å². The first-order valence-electron chi connectivity index (χ1n) is 4.58. The first-order valence-corrected chi connectivity index (χ1v) is 4.58. The molecule has 80 valence electrons. The Morgan fingerprint density at radius 3 is 2.00 bits per heavy atom. The number of carbonyl (C=O) groups is 3. The maximum absolute atomic E-state index is 11.3. The molecule has 0 bridgehead atoms. The smallest absolute Gasteiger partial charge is 0.382 e. The van der Waals surface area contributed by atoms with Gasteiger partial charge in [0.1, 0.15) is 0 Å². The molecule has 4 heteroatoms. The van der Waals surface area contributed by atoms with E-state index in [9.17, 15) is 14.4 Å². The molecule has 0 unspecified atom stereocenters. The highest BCUT2D eigenvalue weighted by atomic mass is 16.6. The van der Waals surface area contributed by atoms with Crippen molar-refractivity contribution >= 4 is 17.7 Å². The lowest BCUT2D eigenvalue weighted by molar-refractivity contribution is -0.166. The summed E-state index contributed by atoms with van der Waals surface area (Å²) < 4.78 is 4.35. The number of rotatable bonds is 3. The van der Waals surface area contributed by atoms with Gasteiger partial charge in [-0.25, -0.2) is 4.79 Å². The molecule has 14 heavy (non-hydrogen) atoms. The van der Waals surface area contributed by atoms with Crippen LogP contribution < -0.4 is 0 Å². The average molecular weight is 200 g/mol. The summed E-state index contributed by atoms with van der Waals surface area (Å²) in [7, 11) is 0. The summed E-state index contributed by atoms with van der Waals surface area (Å²) in [6.45, 7) is 6.58.